The molecule has 2 aromatic heterocycles. The number of rotatable bonds is 4. The predicted octanol–water partition coefficient (Wildman–Crippen LogP) is 2.71. The molecule has 0 spiro atoms. The van der Waals surface area contributed by atoms with Crippen molar-refractivity contribution in [2.24, 2.45) is 0 Å². The van der Waals surface area contributed by atoms with E-state index in [-0.39, 0.29) is 17.6 Å². The van der Waals surface area contributed by atoms with E-state index in [2.05, 4.69) is 20.5 Å². The zero-order valence-corrected chi connectivity index (χ0v) is 11.6. The molecular formula is C11H13ClN4OS. The SMILES string of the molecule is CC[C@H](NC(=O)c1n[nH]c(C)c1Cl)c1nccs1. The third kappa shape index (κ3) is 2.54. The van der Waals surface area contributed by atoms with Gasteiger partial charge in [0, 0.05) is 11.6 Å². The topological polar surface area (TPSA) is 70.7 Å². The van der Waals surface area contributed by atoms with E-state index in [9.17, 15) is 4.79 Å². The summed E-state index contributed by atoms with van der Waals surface area (Å²) in [7, 11) is 0. The molecule has 0 unspecified atom stereocenters. The van der Waals surface area contributed by atoms with Gasteiger partial charge in [-0.15, -0.1) is 11.3 Å². The number of nitrogens with zero attached hydrogens (tertiary/aromatic N) is 2. The second kappa shape index (κ2) is 5.49. The number of carbonyl (C=O) groups excluding carboxylic acids is 1. The molecule has 96 valence electrons. The molecule has 0 aliphatic heterocycles. The maximum absolute atomic E-state index is 12.0. The summed E-state index contributed by atoms with van der Waals surface area (Å²) in [6, 6.07) is -0.106. The lowest BCUT2D eigenvalue weighted by atomic mass is 10.2. The number of carbonyl (C=O) groups is 1. The summed E-state index contributed by atoms with van der Waals surface area (Å²) < 4.78 is 0. The van der Waals surface area contributed by atoms with Gasteiger partial charge in [-0.1, -0.05) is 18.5 Å². The van der Waals surface area contributed by atoms with E-state index in [0.717, 1.165) is 11.4 Å². The fraction of sp³-hybridized carbons (Fsp3) is 0.364. The van der Waals surface area contributed by atoms with E-state index in [1.807, 2.05) is 12.3 Å². The van der Waals surface area contributed by atoms with Crippen molar-refractivity contribution in [3.63, 3.8) is 0 Å². The Hall–Kier alpha value is -1.40. The van der Waals surface area contributed by atoms with Crippen molar-refractivity contribution in [1.82, 2.24) is 20.5 Å². The van der Waals surface area contributed by atoms with Crippen LogP contribution in [0.2, 0.25) is 5.02 Å². The second-order valence-electron chi connectivity index (χ2n) is 3.82. The third-order valence-corrected chi connectivity index (χ3v) is 3.90. The van der Waals surface area contributed by atoms with Gasteiger partial charge in [0.25, 0.3) is 5.91 Å². The summed E-state index contributed by atoms with van der Waals surface area (Å²) in [6.45, 7) is 3.76. The monoisotopic (exact) mass is 284 g/mol. The van der Waals surface area contributed by atoms with Gasteiger partial charge in [0.15, 0.2) is 5.69 Å². The minimum atomic E-state index is -0.286. The number of amides is 1. The minimum Gasteiger partial charge on any atom is -0.341 e. The van der Waals surface area contributed by atoms with Gasteiger partial charge in [0.1, 0.15) is 5.01 Å². The van der Waals surface area contributed by atoms with Crippen molar-refractivity contribution in [3.8, 4) is 0 Å². The fourth-order valence-electron chi connectivity index (χ4n) is 1.54. The normalized spacial score (nSPS) is 12.4. The fourth-order valence-corrected chi connectivity index (χ4v) is 2.48. The first-order valence-corrected chi connectivity index (χ1v) is 6.80. The molecule has 0 aliphatic rings. The number of aryl methyl sites for hydroxylation is 1. The van der Waals surface area contributed by atoms with Gasteiger partial charge in [0.05, 0.1) is 16.8 Å². The number of hydrogen-bond donors (Lipinski definition) is 2. The maximum Gasteiger partial charge on any atom is 0.273 e. The first-order valence-electron chi connectivity index (χ1n) is 5.54. The lowest BCUT2D eigenvalue weighted by molar-refractivity contribution is 0.0930. The van der Waals surface area contributed by atoms with Crippen LogP contribution in [0.25, 0.3) is 0 Å². The molecule has 0 saturated carbocycles. The molecule has 0 radical (unpaired) electrons. The molecule has 1 atom stereocenters. The number of aromatic amines is 1. The molecule has 18 heavy (non-hydrogen) atoms. The highest BCUT2D eigenvalue weighted by Crippen LogP contribution is 2.21. The van der Waals surface area contributed by atoms with E-state index in [1.54, 1.807) is 13.1 Å². The van der Waals surface area contributed by atoms with Gasteiger partial charge in [-0.3, -0.25) is 9.89 Å². The number of nitrogens with one attached hydrogen (secondary N) is 2. The van der Waals surface area contributed by atoms with Gasteiger partial charge in [-0.25, -0.2) is 4.98 Å². The summed E-state index contributed by atoms with van der Waals surface area (Å²) >= 11 is 7.50. The molecule has 0 saturated heterocycles. The first kappa shape index (κ1) is 13.0. The van der Waals surface area contributed by atoms with Crippen molar-refractivity contribution in [2.75, 3.05) is 0 Å². The number of halogens is 1. The average Bonchev–Trinajstić information content (AvgIpc) is 2.98. The van der Waals surface area contributed by atoms with Crippen molar-refractivity contribution in [1.29, 1.82) is 0 Å². The van der Waals surface area contributed by atoms with Crippen LogP contribution in [0, 0.1) is 6.92 Å². The van der Waals surface area contributed by atoms with Crippen molar-refractivity contribution >= 4 is 28.8 Å². The van der Waals surface area contributed by atoms with Crippen LogP contribution in [0.3, 0.4) is 0 Å². The average molecular weight is 285 g/mol. The Morgan fingerprint density at radius 2 is 2.44 bits per heavy atom. The van der Waals surface area contributed by atoms with Gasteiger partial charge in [-0.05, 0) is 13.3 Å². The number of thiazole rings is 1. The van der Waals surface area contributed by atoms with Crippen LogP contribution in [-0.2, 0) is 0 Å². The Morgan fingerprint density at radius 1 is 1.67 bits per heavy atom. The first-order chi connectivity index (χ1) is 8.63. The van der Waals surface area contributed by atoms with Crippen LogP contribution in [0.1, 0.15) is 40.6 Å². The van der Waals surface area contributed by atoms with Crippen LogP contribution in [0.15, 0.2) is 11.6 Å². The molecule has 5 nitrogen and oxygen atoms in total. The number of hydrogen-bond acceptors (Lipinski definition) is 4. The summed E-state index contributed by atoms with van der Waals surface area (Å²) in [5, 5.41) is 12.6. The third-order valence-electron chi connectivity index (χ3n) is 2.55. The number of H-pyrrole nitrogens is 1. The Kier molecular flexibility index (Phi) is 3.98. The zero-order valence-electron chi connectivity index (χ0n) is 10.0. The highest BCUT2D eigenvalue weighted by molar-refractivity contribution is 7.09. The van der Waals surface area contributed by atoms with E-state index in [1.165, 1.54) is 11.3 Å². The van der Waals surface area contributed by atoms with Crippen LogP contribution in [0.5, 0.6) is 0 Å². The van der Waals surface area contributed by atoms with E-state index in [4.69, 9.17) is 11.6 Å². The van der Waals surface area contributed by atoms with Crippen molar-refractivity contribution in [3.05, 3.63) is 33.0 Å². The lowest BCUT2D eigenvalue weighted by Crippen LogP contribution is -2.28. The smallest absolute Gasteiger partial charge is 0.273 e. The van der Waals surface area contributed by atoms with Gasteiger partial charge in [-0.2, -0.15) is 5.10 Å². The van der Waals surface area contributed by atoms with Crippen LogP contribution in [-0.4, -0.2) is 21.1 Å². The largest absolute Gasteiger partial charge is 0.341 e. The summed E-state index contributed by atoms with van der Waals surface area (Å²) in [5.41, 5.74) is 0.910. The molecule has 2 N–H and O–H groups in total. The second-order valence-corrected chi connectivity index (χ2v) is 5.12. The Bertz CT molecular complexity index is 537. The number of aromatic nitrogens is 3. The molecule has 0 aliphatic carbocycles. The highest BCUT2D eigenvalue weighted by Gasteiger charge is 2.20. The van der Waals surface area contributed by atoms with Gasteiger partial charge >= 0.3 is 0 Å². The molecule has 7 heteroatoms. The van der Waals surface area contributed by atoms with Crippen LogP contribution < -0.4 is 5.32 Å². The van der Waals surface area contributed by atoms with E-state index in [0.29, 0.717) is 10.7 Å². The summed E-state index contributed by atoms with van der Waals surface area (Å²) in [6.07, 6.45) is 2.49. The Labute approximate surface area is 114 Å². The minimum absolute atomic E-state index is 0.106. The Balaban J connectivity index is 2.13. The molecule has 1 amide bonds. The quantitative estimate of drug-likeness (QED) is 0.907. The lowest BCUT2D eigenvalue weighted by Gasteiger charge is -2.13. The molecular weight excluding hydrogens is 272 g/mol. The standard InChI is InChI=1S/C11H13ClN4OS/c1-3-7(11-13-4-5-18-11)14-10(17)9-8(12)6(2)15-16-9/h4-5,7H,3H2,1-2H3,(H,14,17)(H,15,16)/t7-/m0/s1. The molecule has 2 aromatic rings. The van der Waals surface area contributed by atoms with Crippen molar-refractivity contribution < 1.29 is 4.79 Å². The predicted molar refractivity (Wildman–Crippen MR) is 70.9 cm³/mol. The highest BCUT2D eigenvalue weighted by atomic mass is 35.5. The molecule has 0 aromatic carbocycles. The Morgan fingerprint density at radius 3 is 2.94 bits per heavy atom. The molecule has 0 bridgehead atoms. The molecule has 2 heterocycles. The summed E-state index contributed by atoms with van der Waals surface area (Å²) in [5.74, 6) is -0.286. The van der Waals surface area contributed by atoms with Gasteiger partial charge in [0.2, 0.25) is 0 Å². The zero-order chi connectivity index (χ0) is 13.1. The maximum atomic E-state index is 12.0. The van der Waals surface area contributed by atoms with Crippen molar-refractivity contribution in [2.45, 2.75) is 26.3 Å². The van der Waals surface area contributed by atoms with E-state index < -0.39 is 0 Å². The molecule has 0 fully saturated rings. The van der Waals surface area contributed by atoms with Crippen LogP contribution in [0.4, 0.5) is 0 Å². The van der Waals surface area contributed by atoms with Gasteiger partial charge < -0.3 is 5.32 Å². The molecule has 2 rings (SSSR count). The summed E-state index contributed by atoms with van der Waals surface area (Å²) in [4.78, 5) is 16.2. The van der Waals surface area contributed by atoms with E-state index >= 15 is 0 Å². The van der Waals surface area contributed by atoms with Crippen LogP contribution >= 0.6 is 22.9 Å².